The zero-order valence-corrected chi connectivity index (χ0v) is 16.6. The van der Waals surface area contributed by atoms with Gasteiger partial charge in [-0.1, -0.05) is 19.8 Å². The molecule has 6 heteroatoms. The van der Waals surface area contributed by atoms with Gasteiger partial charge in [-0.3, -0.25) is 4.99 Å². The molecular formula is C15H35IN4O. The average molecular weight is 414 g/mol. The largest absolute Gasteiger partial charge is 0.385 e. The highest BCUT2D eigenvalue weighted by Crippen LogP contribution is 1.93. The SMILES string of the molecule is CCCCCN=C(NCC)NCCN(C)CCCOC.I. The van der Waals surface area contributed by atoms with Crippen LogP contribution in [0, 0.1) is 0 Å². The van der Waals surface area contributed by atoms with Crippen LogP contribution in [0.1, 0.15) is 39.5 Å². The summed E-state index contributed by atoms with van der Waals surface area (Å²) in [4.78, 5) is 6.89. The Morgan fingerprint density at radius 3 is 2.48 bits per heavy atom. The van der Waals surface area contributed by atoms with Crippen molar-refractivity contribution >= 4 is 29.9 Å². The number of aliphatic imine (C=N–C) groups is 1. The van der Waals surface area contributed by atoms with Crippen LogP contribution in [0.4, 0.5) is 0 Å². The number of hydrogen-bond donors (Lipinski definition) is 2. The molecule has 0 atom stereocenters. The van der Waals surface area contributed by atoms with Crippen LogP contribution >= 0.6 is 24.0 Å². The first-order chi connectivity index (χ1) is 9.74. The molecular weight excluding hydrogens is 379 g/mol. The summed E-state index contributed by atoms with van der Waals surface area (Å²) in [5.41, 5.74) is 0. The molecule has 0 aliphatic rings. The van der Waals surface area contributed by atoms with Gasteiger partial charge in [0.25, 0.3) is 0 Å². The second-order valence-electron chi connectivity index (χ2n) is 5.04. The molecule has 0 bridgehead atoms. The van der Waals surface area contributed by atoms with Gasteiger partial charge in [0.05, 0.1) is 0 Å². The summed E-state index contributed by atoms with van der Waals surface area (Å²) in [6.45, 7) is 9.97. The Morgan fingerprint density at radius 2 is 1.86 bits per heavy atom. The predicted octanol–water partition coefficient (Wildman–Crippen LogP) is 2.32. The highest BCUT2D eigenvalue weighted by Gasteiger charge is 2.00. The van der Waals surface area contributed by atoms with E-state index in [9.17, 15) is 0 Å². The van der Waals surface area contributed by atoms with Crippen molar-refractivity contribution in [2.75, 3.05) is 53.5 Å². The average Bonchev–Trinajstić information content (AvgIpc) is 2.44. The lowest BCUT2D eigenvalue weighted by atomic mass is 10.2. The Labute approximate surface area is 148 Å². The number of halogens is 1. The van der Waals surface area contributed by atoms with Crippen LogP contribution < -0.4 is 10.6 Å². The zero-order chi connectivity index (χ0) is 15.1. The molecule has 5 nitrogen and oxygen atoms in total. The Balaban J connectivity index is 0. The number of unbranched alkanes of at least 4 members (excludes halogenated alkanes) is 2. The molecule has 0 radical (unpaired) electrons. The fourth-order valence-corrected chi connectivity index (χ4v) is 1.85. The molecule has 0 fully saturated rings. The Hall–Kier alpha value is -0.0800. The van der Waals surface area contributed by atoms with E-state index >= 15 is 0 Å². The van der Waals surface area contributed by atoms with Crippen molar-refractivity contribution in [3.05, 3.63) is 0 Å². The lowest BCUT2D eigenvalue weighted by Crippen LogP contribution is -2.41. The molecule has 128 valence electrons. The highest BCUT2D eigenvalue weighted by atomic mass is 127. The Morgan fingerprint density at radius 1 is 1.10 bits per heavy atom. The second kappa shape index (κ2) is 18.0. The van der Waals surface area contributed by atoms with Crippen LogP contribution in [0.2, 0.25) is 0 Å². The summed E-state index contributed by atoms with van der Waals surface area (Å²) in [6, 6.07) is 0. The second-order valence-corrected chi connectivity index (χ2v) is 5.04. The van der Waals surface area contributed by atoms with E-state index < -0.39 is 0 Å². The van der Waals surface area contributed by atoms with Gasteiger partial charge in [-0.15, -0.1) is 24.0 Å². The summed E-state index contributed by atoms with van der Waals surface area (Å²) < 4.78 is 5.06. The Kier molecular flexibility index (Phi) is 19.8. The Bertz CT molecular complexity index is 240. The molecule has 0 rings (SSSR count). The lowest BCUT2D eigenvalue weighted by molar-refractivity contribution is 0.180. The van der Waals surface area contributed by atoms with E-state index in [0.717, 1.165) is 51.7 Å². The number of nitrogens with one attached hydrogen (secondary N) is 2. The van der Waals surface area contributed by atoms with Gasteiger partial charge in [0.15, 0.2) is 5.96 Å². The summed E-state index contributed by atoms with van der Waals surface area (Å²) in [5.74, 6) is 0.939. The molecule has 0 aromatic carbocycles. The third kappa shape index (κ3) is 16.1. The molecule has 0 unspecified atom stereocenters. The van der Waals surface area contributed by atoms with Crippen molar-refractivity contribution in [1.29, 1.82) is 0 Å². The summed E-state index contributed by atoms with van der Waals surface area (Å²) in [5, 5.41) is 6.67. The number of hydrogen-bond acceptors (Lipinski definition) is 3. The molecule has 0 heterocycles. The molecule has 0 saturated carbocycles. The van der Waals surface area contributed by atoms with Crippen LogP contribution in [0.25, 0.3) is 0 Å². The number of nitrogens with zero attached hydrogens (tertiary/aromatic N) is 2. The summed E-state index contributed by atoms with van der Waals surface area (Å²) in [6.07, 6.45) is 4.75. The van der Waals surface area contributed by atoms with Gasteiger partial charge in [0.2, 0.25) is 0 Å². The fraction of sp³-hybridized carbons (Fsp3) is 0.933. The first-order valence-electron chi connectivity index (χ1n) is 7.94. The van der Waals surface area contributed by atoms with Crippen LogP contribution in [0.3, 0.4) is 0 Å². The van der Waals surface area contributed by atoms with Crippen LogP contribution in [0.15, 0.2) is 4.99 Å². The van der Waals surface area contributed by atoms with Crippen LogP contribution in [0.5, 0.6) is 0 Å². The van der Waals surface area contributed by atoms with E-state index in [0.29, 0.717) is 0 Å². The maximum Gasteiger partial charge on any atom is 0.191 e. The van der Waals surface area contributed by atoms with Gasteiger partial charge < -0.3 is 20.3 Å². The number of ether oxygens (including phenoxy) is 1. The van der Waals surface area contributed by atoms with E-state index in [2.05, 4.69) is 41.4 Å². The maximum absolute atomic E-state index is 5.06. The quantitative estimate of drug-likeness (QED) is 0.223. The molecule has 0 aromatic rings. The topological polar surface area (TPSA) is 48.9 Å². The third-order valence-electron chi connectivity index (χ3n) is 3.05. The van der Waals surface area contributed by atoms with Gasteiger partial charge in [-0.2, -0.15) is 0 Å². The normalized spacial score (nSPS) is 11.4. The smallest absolute Gasteiger partial charge is 0.191 e. The van der Waals surface area contributed by atoms with E-state index in [1.54, 1.807) is 7.11 Å². The first-order valence-corrected chi connectivity index (χ1v) is 7.94. The monoisotopic (exact) mass is 414 g/mol. The maximum atomic E-state index is 5.06. The van der Waals surface area contributed by atoms with Gasteiger partial charge >= 0.3 is 0 Å². The van der Waals surface area contributed by atoms with Crippen molar-refractivity contribution in [3.8, 4) is 0 Å². The van der Waals surface area contributed by atoms with Gasteiger partial charge in [0, 0.05) is 46.4 Å². The highest BCUT2D eigenvalue weighted by molar-refractivity contribution is 14.0. The van der Waals surface area contributed by atoms with Crippen LogP contribution in [-0.2, 0) is 4.74 Å². The van der Waals surface area contributed by atoms with Crippen molar-refractivity contribution < 1.29 is 4.74 Å². The number of guanidine groups is 1. The fourth-order valence-electron chi connectivity index (χ4n) is 1.85. The van der Waals surface area contributed by atoms with Gasteiger partial charge in [-0.05, 0) is 26.8 Å². The third-order valence-corrected chi connectivity index (χ3v) is 3.05. The summed E-state index contributed by atoms with van der Waals surface area (Å²) in [7, 11) is 3.89. The van der Waals surface area contributed by atoms with E-state index in [1.165, 1.54) is 19.3 Å². The number of rotatable bonds is 12. The predicted molar refractivity (Wildman–Crippen MR) is 103 cm³/mol. The van der Waals surface area contributed by atoms with Crippen molar-refractivity contribution in [2.45, 2.75) is 39.5 Å². The lowest BCUT2D eigenvalue weighted by Gasteiger charge is -2.18. The molecule has 2 N–H and O–H groups in total. The minimum absolute atomic E-state index is 0. The first kappa shape index (κ1) is 23.2. The van der Waals surface area contributed by atoms with Gasteiger partial charge in [0.1, 0.15) is 0 Å². The van der Waals surface area contributed by atoms with E-state index in [-0.39, 0.29) is 24.0 Å². The van der Waals surface area contributed by atoms with Crippen molar-refractivity contribution in [3.63, 3.8) is 0 Å². The molecule has 0 aliphatic heterocycles. The molecule has 0 amide bonds. The van der Waals surface area contributed by atoms with E-state index in [4.69, 9.17) is 4.74 Å². The van der Waals surface area contributed by atoms with Gasteiger partial charge in [-0.25, -0.2) is 0 Å². The van der Waals surface area contributed by atoms with Crippen molar-refractivity contribution in [2.24, 2.45) is 4.99 Å². The van der Waals surface area contributed by atoms with Crippen LogP contribution in [-0.4, -0.2) is 64.3 Å². The number of likely N-dealkylation sites (N-methyl/N-ethyl adjacent to an activating group) is 1. The van der Waals surface area contributed by atoms with E-state index in [1.807, 2.05) is 0 Å². The molecule has 0 aliphatic carbocycles. The minimum Gasteiger partial charge on any atom is -0.385 e. The molecule has 21 heavy (non-hydrogen) atoms. The summed E-state index contributed by atoms with van der Waals surface area (Å²) >= 11 is 0. The van der Waals surface area contributed by atoms with Crippen molar-refractivity contribution in [1.82, 2.24) is 15.5 Å². The molecule has 0 saturated heterocycles. The zero-order valence-electron chi connectivity index (χ0n) is 14.3. The molecule has 0 aromatic heterocycles. The standard InChI is InChI=1S/C15H34N4O.HI/c1-5-7-8-10-17-15(16-6-2)18-11-13-19(3)12-9-14-20-4;/h5-14H2,1-4H3,(H2,16,17,18);1H. The number of methoxy groups -OCH3 is 1. The molecule has 0 spiro atoms. The minimum atomic E-state index is 0.